The van der Waals surface area contributed by atoms with E-state index in [0.29, 0.717) is 11.8 Å². The minimum absolute atomic E-state index is 0.0961. The highest BCUT2D eigenvalue weighted by molar-refractivity contribution is 5.01. The van der Waals surface area contributed by atoms with Gasteiger partial charge in [-0.15, -0.1) is 0 Å². The standard InChI is InChI=1S/C10H18O2/c1-6-4-5-7-8(11)9(6)12-10(7,2)3/h6-9,11H,4-5H2,1-3H3/t6-,7+,8+,9-/m0/s1. The molecule has 2 bridgehead atoms. The van der Waals surface area contributed by atoms with Gasteiger partial charge >= 0.3 is 0 Å². The predicted molar refractivity (Wildman–Crippen MR) is 46.8 cm³/mol. The van der Waals surface area contributed by atoms with Gasteiger partial charge in [0.1, 0.15) is 0 Å². The zero-order chi connectivity index (χ0) is 8.93. The Bertz CT molecular complexity index is 188. The molecule has 1 aliphatic heterocycles. The molecule has 2 fully saturated rings. The number of hydrogen-bond donors (Lipinski definition) is 1. The topological polar surface area (TPSA) is 29.5 Å². The lowest BCUT2D eigenvalue weighted by Gasteiger charge is -2.30. The van der Waals surface area contributed by atoms with Crippen LogP contribution < -0.4 is 0 Å². The summed E-state index contributed by atoms with van der Waals surface area (Å²) in [6.07, 6.45) is 2.20. The maximum atomic E-state index is 9.89. The van der Waals surface area contributed by atoms with Gasteiger partial charge < -0.3 is 9.84 Å². The van der Waals surface area contributed by atoms with Crippen LogP contribution in [0.2, 0.25) is 0 Å². The average molecular weight is 170 g/mol. The summed E-state index contributed by atoms with van der Waals surface area (Å²) in [4.78, 5) is 0. The summed E-state index contributed by atoms with van der Waals surface area (Å²) < 4.78 is 5.85. The molecule has 12 heavy (non-hydrogen) atoms. The van der Waals surface area contributed by atoms with E-state index in [1.54, 1.807) is 0 Å². The molecule has 0 amide bonds. The normalized spacial score (nSPS) is 51.0. The van der Waals surface area contributed by atoms with Gasteiger partial charge in [-0.25, -0.2) is 0 Å². The van der Waals surface area contributed by atoms with Crippen LogP contribution in [0.4, 0.5) is 0 Å². The molecule has 2 heteroatoms. The maximum Gasteiger partial charge on any atom is 0.0870 e. The average Bonchev–Trinajstić information content (AvgIpc) is 2.09. The van der Waals surface area contributed by atoms with E-state index < -0.39 is 0 Å². The van der Waals surface area contributed by atoms with Crippen molar-refractivity contribution in [1.82, 2.24) is 0 Å². The molecule has 2 aliphatic rings. The monoisotopic (exact) mass is 170 g/mol. The second kappa shape index (κ2) is 2.46. The number of aliphatic hydroxyl groups is 1. The highest BCUT2D eigenvalue weighted by Gasteiger charge is 2.52. The van der Waals surface area contributed by atoms with E-state index in [-0.39, 0.29) is 17.8 Å². The van der Waals surface area contributed by atoms with E-state index in [1.807, 2.05) is 0 Å². The van der Waals surface area contributed by atoms with Crippen molar-refractivity contribution in [3.8, 4) is 0 Å². The van der Waals surface area contributed by atoms with Crippen LogP contribution in [0.5, 0.6) is 0 Å². The fourth-order valence-electron chi connectivity index (χ4n) is 2.73. The summed E-state index contributed by atoms with van der Waals surface area (Å²) in [5.74, 6) is 0.886. The molecule has 4 atom stereocenters. The molecule has 2 rings (SSSR count). The summed E-state index contributed by atoms with van der Waals surface area (Å²) in [6, 6.07) is 0. The third-order valence-electron chi connectivity index (χ3n) is 3.58. The molecule has 1 aliphatic carbocycles. The summed E-state index contributed by atoms with van der Waals surface area (Å²) in [7, 11) is 0. The van der Waals surface area contributed by atoms with Crippen LogP contribution in [-0.2, 0) is 4.74 Å². The SMILES string of the molecule is C[C@H]1CC[C@@H]2[C@@H](O)[C@H]1OC2(C)C. The molecule has 0 aromatic rings. The molecule has 0 radical (unpaired) electrons. The third-order valence-corrected chi connectivity index (χ3v) is 3.58. The van der Waals surface area contributed by atoms with Gasteiger partial charge in [-0.05, 0) is 32.6 Å². The first-order chi connectivity index (χ1) is 5.52. The molecular weight excluding hydrogens is 152 g/mol. The van der Waals surface area contributed by atoms with Crippen LogP contribution in [0.1, 0.15) is 33.6 Å². The van der Waals surface area contributed by atoms with Gasteiger partial charge in [-0.1, -0.05) is 6.92 Å². The lowest BCUT2D eigenvalue weighted by Crippen LogP contribution is -2.37. The van der Waals surface area contributed by atoms with Crippen LogP contribution in [0.15, 0.2) is 0 Å². The molecule has 0 aromatic heterocycles. The van der Waals surface area contributed by atoms with Crippen molar-refractivity contribution in [1.29, 1.82) is 0 Å². The molecule has 0 unspecified atom stereocenters. The Labute approximate surface area is 73.9 Å². The molecule has 1 heterocycles. The summed E-state index contributed by atoms with van der Waals surface area (Å²) in [6.45, 7) is 6.36. The van der Waals surface area contributed by atoms with E-state index in [0.717, 1.165) is 6.42 Å². The van der Waals surface area contributed by atoms with Gasteiger partial charge in [0.05, 0.1) is 17.8 Å². The second-order valence-corrected chi connectivity index (χ2v) is 4.84. The van der Waals surface area contributed by atoms with Crippen molar-refractivity contribution in [3.05, 3.63) is 0 Å². The Morgan fingerprint density at radius 3 is 2.58 bits per heavy atom. The minimum Gasteiger partial charge on any atom is -0.390 e. The molecule has 70 valence electrons. The number of hydrogen-bond acceptors (Lipinski definition) is 2. The smallest absolute Gasteiger partial charge is 0.0870 e. The third kappa shape index (κ3) is 1.01. The van der Waals surface area contributed by atoms with Crippen molar-refractivity contribution in [3.63, 3.8) is 0 Å². The highest BCUT2D eigenvalue weighted by Crippen LogP contribution is 2.46. The number of ether oxygens (including phenoxy) is 1. The fraction of sp³-hybridized carbons (Fsp3) is 1.00. The number of rotatable bonds is 0. The van der Waals surface area contributed by atoms with Gasteiger partial charge in [0.15, 0.2) is 0 Å². The molecule has 0 spiro atoms. The Balaban J connectivity index is 2.24. The zero-order valence-corrected chi connectivity index (χ0v) is 8.08. The summed E-state index contributed by atoms with van der Waals surface area (Å²) >= 11 is 0. The van der Waals surface area contributed by atoms with Crippen LogP contribution in [0.3, 0.4) is 0 Å². The fourth-order valence-corrected chi connectivity index (χ4v) is 2.73. The first-order valence-corrected chi connectivity index (χ1v) is 4.88. The van der Waals surface area contributed by atoms with Crippen molar-refractivity contribution in [2.75, 3.05) is 0 Å². The maximum absolute atomic E-state index is 9.89. The molecule has 1 saturated heterocycles. The molecule has 0 aromatic carbocycles. The molecule has 1 N–H and O–H groups in total. The predicted octanol–water partition coefficient (Wildman–Crippen LogP) is 1.57. The van der Waals surface area contributed by atoms with Crippen LogP contribution in [0.25, 0.3) is 0 Å². The Hall–Kier alpha value is -0.0800. The quantitative estimate of drug-likeness (QED) is 0.598. The molecule has 1 saturated carbocycles. The van der Waals surface area contributed by atoms with Crippen LogP contribution >= 0.6 is 0 Å². The molecule has 2 nitrogen and oxygen atoms in total. The van der Waals surface area contributed by atoms with Gasteiger partial charge in [0, 0.05) is 5.92 Å². The lowest BCUT2D eigenvalue weighted by molar-refractivity contribution is -0.0540. The van der Waals surface area contributed by atoms with E-state index >= 15 is 0 Å². The lowest BCUT2D eigenvalue weighted by atomic mass is 9.75. The van der Waals surface area contributed by atoms with Crippen LogP contribution in [0, 0.1) is 11.8 Å². The Kier molecular flexibility index (Phi) is 1.74. The molecular formula is C10H18O2. The van der Waals surface area contributed by atoms with E-state index in [9.17, 15) is 5.11 Å². The van der Waals surface area contributed by atoms with E-state index in [4.69, 9.17) is 4.74 Å². The van der Waals surface area contributed by atoms with E-state index in [2.05, 4.69) is 20.8 Å². The van der Waals surface area contributed by atoms with Crippen molar-refractivity contribution < 1.29 is 9.84 Å². The second-order valence-electron chi connectivity index (χ2n) is 4.84. The Morgan fingerprint density at radius 2 is 2.00 bits per heavy atom. The summed E-state index contributed by atoms with van der Waals surface area (Å²) in [5, 5.41) is 9.89. The van der Waals surface area contributed by atoms with Crippen LogP contribution in [-0.4, -0.2) is 22.9 Å². The van der Waals surface area contributed by atoms with Gasteiger partial charge in [0.25, 0.3) is 0 Å². The summed E-state index contributed by atoms with van der Waals surface area (Å²) in [5.41, 5.74) is -0.102. The van der Waals surface area contributed by atoms with Gasteiger partial charge in [-0.3, -0.25) is 0 Å². The van der Waals surface area contributed by atoms with E-state index in [1.165, 1.54) is 6.42 Å². The van der Waals surface area contributed by atoms with Gasteiger partial charge in [-0.2, -0.15) is 0 Å². The van der Waals surface area contributed by atoms with Crippen molar-refractivity contribution in [2.45, 2.75) is 51.4 Å². The van der Waals surface area contributed by atoms with Gasteiger partial charge in [0.2, 0.25) is 0 Å². The highest BCUT2D eigenvalue weighted by atomic mass is 16.5. The number of fused-ring (bicyclic) bond motifs is 2. The Morgan fingerprint density at radius 1 is 1.33 bits per heavy atom. The first-order valence-electron chi connectivity index (χ1n) is 4.88. The zero-order valence-electron chi connectivity index (χ0n) is 8.08. The largest absolute Gasteiger partial charge is 0.390 e. The van der Waals surface area contributed by atoms with Crippen molar-refractivity contribution in [2.24, 2.45) is 11.8 Å². The first kappa shape index (κ1) is 8.52. The van der Waals surface area contributed by atoms with Crippen molar-refractivity contribution >= 4 is 0 Å². The minimum atomic E-state index is -0.219. The number of aliphatic hydroxyl groups excluding tert-OH is 1.